The first-order valence-corrected chi connectivity index (χ1v) is 4.66. The molecule has 0 aromatic heterocycles. The molecule has 0 aliphatic rings. The maximum absolute atomic E-state index is 12.3. The number of anilines is 1. The average molecular weight is 234 g/mol. The predicted octanol–water partition coefficient (Wildman–Crippen LogP) is 2.01. The molecule has 16 heavy (non-hydrogen) atoms. The Bertz CT molecular complexity index is 364. The summed E-state index contributed by atoms with van der Waals surface area (Å²) in [6.07, 6.45) is -4.40. The topological polar surface area (TPSA) is 61.3 Å². The van der Waals surface area contributed by atoms with Crippen LogP contribution in [0, 0.1) is 0 Å². The number of nitrogens with two attached hydrogens (primary N) is 2. The number of rotatable bonds is 3. The summed E-state index contributed by atoms with van der Waals surface area (Å²) >= 11 is 0. The van der Waals surface area contributed by atoms with Gasteiger partial charge in [-0.15, -0.1) is 0 Å². The van der Waals surface area contributed by atoms with Crippen molar-refractivity contribution in [1.29, 1.82) is 0 Å². The van der Waals surface area contributed by atoms with Gasteiger partial charge in [0.2, 0.25) is 0 Å². The van der Waals surface area contributed by atoms with Gasteiger partial charge in [0.1, 0.15) is 12.4 Å². The van der Waals surface area contributed by atoms with Crippen molar-refractivity contribution in [2.45, 2.75) is 19.1 Å². The highest BCUT2D eigenvalue weighted by atomic mass is 19.4. The summed E-state index contributed by atoms with van der Waals surface area (Å²) in [7, 11) is 0. The van der Waals surface area contributed by atoms with Crippen molar-refractivity contribution < 1.29 is 17.9 Å². The Balaban J connectivity index is 2.84. The van der Waals surface area contributed by atoms with Crippen LogP contribution >= 0.6 is 0 Å². The van der Waals surface area contributed by atoms with E-state index in [2.05, 4.69) is 0 Å². The zero-order chi connectivity index (χ0) is 12.3. The minimum atomic E-state index is -4.40. The summed E-state index contributed by atoms with van der Waals surface area (Å²) in [5.74, 6) is 0.213. The van der Waals surface area contributed by atoms with Crippen molar-refractivity contribution in [3.8, 4) is 5.75 Å². The molecule has 1 atom stereocenters. The molecule has 4 N–H and O–H groups in total. The van der Waals surface area contributed by atoms with E-state index in [1.54, 1.807) is 6.92 Å². The summed E-state index contributed by atoms with van der Waals surface area (Å²) in [6, 6.07) is 2.76. The minimum absolute atomic E-state index is 0.0459. The molecule has 0 bridgehead atoms. The van der Waals surface area contributed by atoms with Gasteiger partial charge in [0.15, 0.2) is 0 Å². The van der Waals surface area contributed by atoms with E-state index in [1.165, 1.54) is 6.07 Å². The van der Waals surface area contributed by atoms with E-state index in [1.807, 2.05) is 0 Å². The Morgan fingerprint density at radius 1 is 1.38 bits per heavy atom. The molecule has 0 saturated heterocycles. The molecule has 0 amide bonds. The van der Waals surface area contributed by atoms with Crippen LogP contribution in [0.4, 0.5) is 18.9 Å². The third kappa shape index (κ3) is 3.30. The molecule has 1 rings (SSSR count). The van der Waals surface area contributed by atoms with Crippen LogP contribution in [0.3, 0.4) is 0 Å². The molecule has 90 valence electrons. The van der Waals surface area contributed by atoms with Crippen LogP contribution < -0.4 is 16.2 Å². The lowest BCUT2D eigenvalue weighted by atomic mass is 10.2. The molecule has 3 nitrogen and oxygen atoms in total. The number of nitrogen functional groups attached to an aromatic ring is 1. The van der Waals surface area contributed by atoms with Gasteiger partial charge in [-0.1, -0.05) is 0 Å². The number of hydrogen-bond acceptors (Lipinski definition) is 3. The number of halogens is 3. The lowest BCUT2D eigenvalue weighted by molar-refractivity contribution is -0.137. The van der Waals surface area contributed by atoms with Gasteiger partial charge in [0.05, 0.1) is 11.3 Å². The van der Waals surface area contributed by atoms with Crippen molar-refractivity contribution in [3.05, 3.63) is 23.8 Å². The maximum atomic E-state index is 12.3. The summed E-state index contributed by atoms with van der Waals surface area (Å²) in [5, 5.41) is 0. The van der Waals surface area contributed by atoms with Crippen LogP contribution in [0.15, 0.2) is 18.2 Å². The lowest BCUT2D eigenvalue weighted by Gasteiger charge is -2.13. The van der Waals surface area contributed by atoms with Crippen LogP contribution in [-0.4, -0.2) is 12.6 Å². The van der Waals surface area contributed by atoms with Gasteiger partial charge in [-0.05, 0) is 25.1 Å². The molecule has 0 radical (unpaired) electrons. The van der Waals surface area contributed by atoms with Crippen molar-refractivity contribution in [2.24, 2.45) is 5.73 Å². The standard InChI is InChI=1S/C10H13F3N2O/c1-6(14)5-16-9-3-2-7(4-8(9)15)10(11,12)13/h2-4,6H,5,14-15H2,1H3. The highest BCUT2D eigenvalue weighted by molar-refractivity contribution is 5.54. The molecule has 0 spiro atoms. The number of alkyl halides is 3. The van der Waals surface area contributed by atoms with Gasteiger partial charge in [-0.2, -0.15) is 13.2 Å². The molecule has 0 heterocycles. The van der Waals surface area contributed by atoms with Crippen molar-refractivity contribution in [3.63, 3.8) is 0 Å². The minimum Gasteiger partial charge on any atom is -0.490 e. The van der Waals surface area contributed by atoms with E-state index >= 15 is 0 Å². The molecular formula is C10H13F3N2O. The fourth-order valence-corrected chi connectivity index (χ4v) is 1.08. The Morgan fingerprint density at radius 2 is 2.00 bits per heavy atom. The molecule has 0 aliphatic carbocycles. The molecule has 1 aromatic rings. The second-order valence-electron chi connectivity index (χ2n) is 3.54. The highest BCUT2D eigenvalue weighted by Gasteiger charge is 2.30. The third-order valence-electron chi connectivity index (χ3n) is 1.84. The van der Waals surface area contributed by atoms with Gasteiger partial charge < -0.3 is 16.2 Å². The van der Waals surface area contributed by atoms with E-state index < -0.39 is 11.7 Å². The second-order valence-corrected chi connectivity index (χ2v) is 3.54. The SMILES string of the molecule is CC(N)COc1ccc(C(F)(F)F)cc1N. The summed E-state index contributed by atoms with van der Waals surface area (Å²) in [5.41, 5.74) is 10.0. The van der Waals surface area contributed by atoms with Gasteiger partial charge >= 0.3 is 6.18 Å². The van der Waals surface area contributed by atoms with Crippen molar-refractivity contribution >= 4 is 5.69 Å². The zero-order valence-electron chi connectivity index (χ0n) is 8.71. The Morgan fingerprint density at radius 3 is 2.44 bits per heavy atom. The van der Waals surface area contributed by atoms with Crippen LogP contribution in [-0.2, 0) is 6.18 Å². The monoisotopic (exact) mass is 234 g/mol. The van der Waals surface area contributed by atoms with Crippen LogP contribution in [0.1, 0.15) is 12.5 Å². The van der Waals surface area contributed by atoms with Gasteiger partial charge in [-0.3, -0.25) is 0 Å². The smallest absolute Gasteiger partial charge is 0.416 e. The Kier molecular flexibility index (Phi) is 3.64. The third-order valence-corrected chi connectivity index (χ3v) is 1.84. The van der Waals surface area contributed by atoms with Gasteiger partial charge in [-0.25, -0.2) is 0 Å². The van der Waals surface area contributed by atoms with E-state index in [0.717, 1.165) is 12.1 Å². The Labute approximate surface area is 91.2 Å². The lowest BCUT2D eigenvalue weighted by Crippen LogP contribution is -2.24. The van der Waals surface area contributed by atoms with Crippen molar-refractivity contribution in [2.75, 3.05) is 12.3 Å². The average Bonchev–Trinajstić information content (AvgIpc) is 2.14. The predicted molar refractivity (Wildman–Crippen MR) is 55.0 cm³/mol. The van der Waals surface area contributed by atoms with Crippen LogP contribution in [0.5, 0.6) is 5.75 Å². The van der Waals surface area contributed by atoms with Crippen molar-refractivity contribution in [1.82, 2.24) is 0 Å². The fraction of sp³-hybridized carbons (Fsp3) is 0.400. The van der Waals surface area contributed by atoms with E-state index in [9.17, 15) is 13.2 Å². The quantitative estimate of drug-likeness (QED) is 0.786. The van der Waals surface area contributed by atoms with E-state index in [0.29, 0.717) is 0 Å². The molecule has 1 unspecified atom stereocenters. The molecule has 0 saturated carbocycles. The summed E-state index contributed by atoms with van der Waals surface area (Å²) in [4.78, 5) is 0. The van der Waals surface area contributed by atoms with Gasteiger partial charge in [0, 0.05) is 6.04 Å². The highest BCUT2D eigenvalue weighted by Crippen LogP contribution is 2.33. The molecule has 6 heteroatoms. The number of ether oxygens (including phenoxy) is 1. The van der Waals surface area contributed by atoms with Crippen LogP contribution in [0.2, 0.25) is 0 Å². The number of benzene rings is 1. The van der Waals surface area contributed by atoms with Crippen LogP contribution in [0.25, 0.3) is 0 Å². The molecular weight excluding hydrogens is 221 g/mol. The first-order valence-electron chi connectivity index (χ1n) is 4.66. The summed E-state index contributed by atoms with van der Waals surface area (Å²) < 4.78 is 42.0. The van der Waals surface area contributed by atoms with E-state index in [4.69, 9.17) is 16.2 Å². The molecule has 0 fully saturated rings. The Hall–Kier alpha value is -1.43. The van der Waals surface area contributed by atoms with E-state index in [-0.39, 0.29) is 24.1 Å². The fourth-order valence-electron chi connectivity index (χ4n) is 1.08. The first-order chi connectivity index (χ1) is 7.30. The maximum Gasteiger partial charge on any atom is 0.416 e. The summed E-state index contributed by atoms with van der Waals surface area (Å²) in [6.45, 7) is 1.93. The normalized spacial score (nSPS) is 13.6. The largest absolute Gasteiger partial charge is 0.490 e. The molecule has 1 aromatic carbocycles. The number of hydrogen-bond donors (Lipinski definition) is 2. The molecule has 0 aliphatic heterocycles. The second kappa shape index (κ2) is 4.61. The van der Waals surface area contributed by atoms with Gasteiger partial charge in [0.25, 0.3) is 0 Å². The zero-order valence-corrected chi connectivity index (χ0v) is 8.71. The first kappa shape index (κ1) is 12.6.